The summed E-state index contributed by atoms with van der Waals surface area (Å²) in [6.45, 7) is 0. The van der Waals surface area contributed by atoms with Gasteiger partial charge in [-0.2, -0.15) is 10.1 Å². The predicted octanol–water partition coefficient (Wildman–Crippen LogP) is 2.59. The van der Waals surface area contributed by atoms with E-state index in [1.165, 1.54) is 6.07 Å². The van der Waals surface area contributed by atoms with Crippen molar-refractivity contribution in [1.82, 2.24) is 5.01 Å². The number of phenols is 1. The molecule has 1 aromatic rings. The van der Waals surface area contributed by atoms with Gasteiger partial charge in [-0.05, 0) is 30.7 Å². The van der Waals surface area contributed by atoms with Crippen LogP contribution in [0.1, 0.15) is 18.4 Å². The maximum absolute atomic E-state index is 12.7. The number of imide groups is 1. The quantitative estimate of drug-likeness (QED) is 0.266. The fraction of sp³-hybridized carbons (Fsp3) is 0.353. The topological polar surface area (TPSA) is 113 Å². The Bertz CT molecular complexity index is 865. The minimum Gasteiger partial charge on any atom is -0.502 e. The first-order valence-corrected chi connectivity index (χ1v) is 8.95. The summed E-state index contributed by atoms with van der Waals surface area (Å²) in [5, 5.41) is 25.8. The van der Waals surface area contributed by atoms with Gasteiger partial charge in [-0.3, -0.25) is 19.7 Å². The number of nitro benzene ring substituents is 1. The van der Waals surface area contributed by atoms with Crippen LogP contribution in [0, 0.1) is 33.8 Å². The Balaban J connectivity index is 1.65. The van der Waals surface area contributed by atoms with E-state index in [0.717, 1.165) is 30.1 Å². The lowest BCUT2D eigenvalue weighted by atomic mass is 9.63. The van der Waals surface area contributed by atoms with Crippen molar-refractivity contribution in [1.29, 1.82) is 0 Å². The minimum absolute atomic E-state index is 0.0441. The van der Waals surface area contributed by atoms with Crippen molar-refractivity contribution in [3.05, 3.63) is 44.4 Å². The fourth-order valence-electron chi connectivity index (χ4n) is 4.14. The second-order valence-corrected chi connectivity index (χ2v) is 7.61. The maximum atomic E-state index is 12.7. The third kappa shape index (κ3) is 2.45. The molecule has 0 spiro atoms. The van der Waals surface area contributed by atoms with Gasteiger partial charge in [-0.1, -0.05) is 28.1 Å². The van der Waals surface area contributed by atoms with Crippen molar-refractivity contribution in [2.75, 3.05) is 0 Å². The molecule has 2 bridgehead atoms. The zero-order valence-corrected chi connectivity index (χ0v) is 15.0. The smallest absolute Gasteiger partial charge is 0.312 e. The molecule has 0 aromatic heterocycles. The molecule has 1 aliphatic heterocycles. The molecular formula is C17H14BrN3O5. The molecular weight excluding hydrogens is 406 g/mol. The zero-order chi connectivity index (χ0) is 18.6. The molecule has 4 atom stereocenters. The molecule has 1 heterocycles. The van der Waals surface area contributed by atoms with Crippen LogP contribution in [-0.2, 0) is 9.59 Å². The van der Waals surface area contributed by atoms with E-state index in [0.29, 0.717) is 4.47 Å². The minimum atomic E-state index is -0.721. The number of rotatable bonds is 3. The summed E-state index contributed by atoms with van der Waals surface area (Å²) in [4.78, 5) is 35.6. The van der Waals surface area contributed by atoms with Gasteiger partial charge in [0.25, 0.3) is 11.8 Å². The van der Waals surface area contributed by atoms with Gasteiger partial charge in [0, 0.05) is 16.1 Å². The van der Waals surface area contributed by atoms with Crippen molar-refractivity contribution >= 4 is 39.6 Å². The second kappa shape index (κ2) is 6.01. The summed E-state index contributed by atoms with van der Waals surface area (Å²) in [5.74, 6) is -1.91. The fourth-order valence-corrected chi connectivity index (χ4v) is 4.60. The Kier molecular flexibility index (Phi) is 3.91. The van der Waals surface area contributed by atoms with Gasteiger partial charge in [0.1, 0.15) is 0 Å². The number of phenolic OH excluding ortho intramolecular Hbond substituents is 1. The molecule has 0 unspecified atom stereocenters. The summed E-state index contributed by atoms with van der Waals surface area (Å²) in [6, 6.07) is 2.59. The lowest BCUT2D eigenvalue weighted by molar-refractivity contribution is -0.385. The van der Waals surface area contributed by atoms with Crippen LogP contribution in [0.2, 0.25) is 0 Å². The van der Waals surface area contributed by atoms with Crippen molar-refractivity contribution < 1.29 is 19.6 Å². The lowest BCUT2D eigenvalue weighted by Gasteiger charge is -2.37. The Morgan fingerprint density at radius 3 is 2.27 bits per heavy atom. The number of halogens is 1. The van der Waals surface area contributed by atoms with E-state index < -0.39 is 16.4 Å². The molecule has 0 radical (unpaired) electrons. The van der Waals surface area contributed by atoms with Gasteiger partial charge in [0.2, 0.25) is 5.75 Å². The van der Waals surface area contributed by atoms with Gasteiger partial charge in [-0.25, -0.2) is 0 Å². The molecule has 8 nitrogen and oxygen atoms in total. The Morgan fingerprint density at radius 1 is 1.19 bits per heavy atom. The van der Waals surface area contributed by atoms with Crippen molar-refractivity contribution in [3.63, 3.8) is 0 Å². The molecule has 4 aliphatic rings. The standard InChI is InChI=1S/C17H14BrN3O5/c18-11-5-10(15(22)12(6-11)21(25)26)7-19-20-16(23)13-8-1-2-9(4-3-8)14(13)17(20)24/h1-2,5-9,13-14,22H,3-4H2/b19-7-/t8-,9-,13+,14+/m1/s1. The molecule has 2 amide bonds. The van der Waals surface area contributed by atoms with Crippen LogP contribution >= 0.6 is 15.9 Å². The van der Waals surface area contributed by atoms with Crippen LogP contribution in [0.15, 0.2) is 33.9 Å². The van der Waals surface area contributed by atoms with Crippen LogP contribution in [0.3, 0.4) is 0 Å². The first-order chi connectivity index (χ1) is 12.4. The Morgan fingerprint density at radius 2 is 1.77 bits per heavy atom. The van der Waals surface area contributed by atoms with E-state index in [4.69, 9.17) is 0 Å². The third-order valence-electron chi connectivity index (χ3n) is 5.33. The molecule has 26 heavy (non-hydrogen) atoms. The SMILES string of the molecule is O=C1[C@@H]2[C@@H](C(=O)N1/N=C\c1cc(Br)cc([N+](=O)[O-])c1O)[C@@H]1C=C[C@@H]2CC1. The van der Waals surface area contributed by atoms with Gasteiger partial charge in [0.05, 0.1) is 23.0 Å². The molecule has 1 aromatic carbocycles. The number of nitro groups is 1. The van der Waals surface area contributed by atoms with Crippen molar-refractivity contribution in [3.8, 4) is 5.75 Å². The molecule has 1 saturated carbocycles. The largest absolute Gasteiger partial charge is 0.502 e. The number of carbonyl (C=O) groups is 2. The number of hydrazone groups is 1. The zero-order valence-electron chi connectivity index (χ0n) is 13.4. The summed E-state index contributed by atoms with van der Waals surface area (Å²) >= 11 is 3.13. The highest BCUT2D eigenvalue weighted by molar-refractivity contribution is 9.10. The summed E-state index contributed by atoms with van der Waals surface area (Å²) < 4.78 is 0.374. The number of benzene rings is 1. The van der Waals surface area contributed by atoms with Crippen LogP contribution in [0.25, 0.3) is 0 Å². The monoisotopic (exact) mass is 419 g/mol. The molecule has 134 valence electrons. The number of fused-ring (bicyclic) bond motifs is 1. The Hall–Kier alpha value is -2.55. The predicted molar refractivity (Wildman–Crippen MR) is 94.2 cm³/mol. The van der Waals surface area contributed by atoms with E-state index in [1.807, 2.05) is 12.2 Å². The van der Waals surface area contributed by atoms with Gasteiger partial charge >= 0.3 is 5.69 Å². The molecule has 1 saturated heterocycles. The number of amides is 2. The summed E-state index contributed by atoms with van der Waals surface area (Å²) in [6.07, 6.45) is 6.90. The number of hydrogen-bond acceptors (Lipinski definition) is 6. The normalized spacial score (nSPS) is 29.7. The molecule has 9 heteroatoms. The van der Waals surface area contributed by atoms with Gasteiger partial charge in [-0.15, -0.1) is 0 Å². The summed E-state index contributed by atoms with van der Waals surface area (Å²) in [5.41, 5.74) is -0.446. The number of allylic oxidation sites excluding steroid dienone is 2. The van der Waals surface area contributed by atoms with Crippen LogP contribution in [0.5, 0.6) is 5.75 Å². The lowest BCUT2D eigenvalue weighted by Crippen LogP contribution is -2.38. The highest BCUT2D eigenvalue weighted by Crippen LogP contribution is 2.49. The van der Waals surface area contributed by atoms with Crippen LogP contribution in [-0.4, -0.2) is 33.1 Å². The number of nitrogens with zero attached hydrogens (tertiary/aromatic N) is 3. The number of hydrogen-bond donors (Lipinski definition) is 1. The highest BCUT2D eigenvalue weighted by atomic mass is 79.9. The first kappa shape index (κ1) is 16.9. The van der Waals surface area contributed by atoms with E-state index in [9.17, 15) is 24.8 Å². The number of aromatic hydroxyl groups is 1. The van der Waals surface area contributed by atoms with Crippen LogP contribution in [0.4, 0.5) is 5.69 Å². The maximum Gasteiger partial charge on any atom is 0.312 e. The average molecular weight is 420 g/mol. The first-order valence-electron chi connectivity index (χ1n) is 8.15. The third-order valence-corrected chi connectivity index (χ3v) is 5.79. The number of carbonyl (C=O) groups excluding carboxylic acids is 2. The van der Waals surface area contributed by atoms with Gasteiger partial charge in [0.15, 0.2) is 0 Å². The Labute approximate surface area is 156 Å². The van der Waals surface area contributed by atoms with E-state index in [1.54, 1.807) is 0 Å². The molecule has 3 aliphatic carbocycles. The highest BCUT2D eigenvalue weighted by Gasteiger charge is 2.56. The second-order valence-electron chi connectivity index (χ2n) is 6.69. The van der Waals surface area contributed by atoms with Crippen molar-refractivity contribution in [2.24, 2.45) is 28.8 Å². The molecule has 1 N–H and O–H groups in total. The van der Waals surface area contributed by atoms with Crippen molar-refractivity contribution in [2.45, 2.75) is 12.8 Å². The summed E-state index contributed by atoms with van der Waals surface area (Å²) in [7, 11) is 0. The van der Waals surface area contributed by atoms with E-state index in [-0.39, 0.29) is 41.0 Å². The van der Waals surface area contributed by atoms with E-state index >= 15 is 0 Å². The van der Waals surface area contributed by atoms with E-state index in [2.05, 4.69) is 21.0 Å². The van der Waals surface area contributed by atoms with Gasteiger partial charge < -0.3 is 5.11 Å². The molecule has 2 fully saturated rings. The molecule has 5 rings (SSSR count). The van der Waals surface area contributed by atoms with Crippen LogP contribution < -0.4 is 0 Å². The average Bonchev–Trinajstić information content (AvgIpc) is 2.89.